The summed E-state index contributed by atoms with van der Waals surface area (Å²) in [5.74, 6) is 1.11. The normalized spacial score (nSPS) is 11.1. The molecule has 0 aliphatic heterocycles. The predicted octanol–water partition coefficient (Wildman–Crippen LogP) is 7.20. The Hall–Kier alpha value is -4.83. The Bertz CT molecular complexity index is 1700. The number of primary amides is 1. The van der Waals surface area contributed by atoms with Crippen LogP contribution in [0.15, 0.2) is 115 Å². The average Bonchev–Trinajstić information content (AvgIpc) is 3.23. The summed E-state index contributed by atoms with van der Waals surface area (Å²) in [6.07, 6.45) is 0. The molecule has 6 rings (SSSR count). The molecule has 0 spiro atoms. The fourth-order valence-electron chi connectivity index (χ4n) is 4.75. The van der Waals surface area contributed by atoms with Crippen LogP contribution in [-0.4, -0.2) is 10.5 Å². The highest BCUT2D eigenvalue weighted by molar-refractivity contribution is 6.18. The third-order valence-electron chi connectivity index (χ3n) is 6.44. The van der Waals surface area contributed by atoms with Gasteiger partial charge in [-0.15, -0.1) is 0 Å². The van der Waals surface area contributed by atoms with E-state index in [2.05, 4.69) is 34.9 Å². The van der Waals surface area contributed by atoms with Gasteiger partial charge in [0, 0.05) is 21.9 Å². The average molecular weight is 468 g/mol. The molecule has 4 nitrogen and oxygen atoms in total. The maximum Gasteiger partial charge on any atom is 0.249 e. The van der Waals surface area contributed by atoms with Crippen molar-refractivity contribution >= 4 is 27.7 Å². The van der Waals surface area contributed by atoms with Gasteiger partial charge in [0.2, 0.25) is 5.91 Å². The molecule has 0 unspecified atom stereocenters. The van der Waals surface area contributed by atoms with E-state index in [0.29, 0.717) is 12.1 Å². The van der Waals surface area contributed by atoms with E-state index >= 15 is 0 Å². The maximum atomic E-state index is 12.4. The van der Waals surface area contributed by atoms with Gasteiger partial charge in [0.1, 0.15) is 11.5 Å². The highest BCUT2D eigenvalue weighted by Gasteiger charge is 2.18. The van der Waals surface area contributed by atoms with Gasteiger partial charge in [0.05, 0.1) is 17.6 Å². The van der Waals surface area contributed by atoms with Gasteiger partial charge in [-0.3, -0.25) is 4.79 Å². The summed E-state index contributed by atoms with van der Waals surface area (Å²) < 4.78 is 8.46. The summed E-state index contributed by atoms with van der Waals surface area (Å²) in [6.45, 7) is 0.553. The number of para-hydroxylation sites is 2. The van der Waals surface area contributed by atoms with Crippen molar-refractivity contribution in [2.24, 2.45) is 5.73 Å². The van der Waals surface area contributed by atoms with Crippen molar-refractivity contribution in [1.29, 1.82) is 0 Å². The number of hydrogen-bond acceptors (Lipinski definition) is 2. The molecular weight excluding hydrogens is 444 g/mol. The van der Waals surface area contributed by atoms with Gasteiger partial charge in [0.15, 0.2) is 0 Å². The van der Waals surface area contributed by atoms with E-state index in [-0.39, 0.29) is 0 Å². The summed E-state index contributed by atoms with van der Waals surface area (Å²) in [6, 6.07) is 41.3. The van der Waals surface area contributed by atoms with Gasteiger partial charge >= 0.3 is 0 Å². The second kappa shape index (κ2) is 9.08. The number of benzene rings is 5. The lowest BCUT2D eigenvalue weighted by atomic mass is 10.0. The topological polar surface area (TPSA) is 57.2 Å². The molecule has 0 saturated carbocycles. The Kier molecular flexibility index (Phi) is 5.47. The second-order valence-electron chi connectivity index (χ2n) is 8.69. The SMILES string of the molecule is NC(=O)c1cccc2c1c1[c]cc(-c3ccccc3)cc1n2Cc1ccccc1Oc1ccccc1. The number of amides is 1. The molecule has 5 aromatic carbocycles. The molecule has 1 aromatic heterocycles. The standard InChI is InChI=1S/C32H23N2O2/c33-32(35)27-15-9-16-28-31(27)26-19-18-23(22-10-3-1-4-11-22)20-29(26)34(28)21-24-12-7-8-17-30(24)36-25-13-5-2-6-14-25/h1-18,20H,21H2,(H2,33,35). The van der Waals surface area contributed by atoms with E-state index in [0.717, 1.165) is 50.0 Å². The summed E-state index contributed by atoms with van der Waals surface area (Å²) in [7, 11) is 0. The van der Waals surface area contributed by atoms with Crippen LogP contribution >= 0.6 is 0 Å². The molecule has 0 aliphatic rings. The molecule has 6 aromatic rings. The quantitative estimate of drug-likeness (QED) is 0.282. The summed E-state index contributed by atoms with van der Waals surface area (Å²) in [4.78, 5) is 12.4. The monoisotopic (exact) mass is 467 g/mol. The smallest absolute Gasteiger partial charge is 0.249 e. The first-order valence-electron chi connectivity index (χ1n) is 11.8. The molecule has 0 bridgehead atoms. The largest absolute Gasteiger partial charge is 0.457 e. The van der Waals surface area contributed by atoms with Crippen molar-refractivity contribution in [2.75, 3.05) is 0 Å². The van der Waals surface area contributed by atoms with Crippen LogP contribution in [-0.2, 0) is 6.54 Å². The van der Waals surface area contributed by atoms with Crippen LogP contribution in [0.1, 0.15) is 15.9 Å². The van der Waals surface area contributed by atoms with E-state index in [4.69, 9.17) is 10.5 Å². The molecule has 173 valence electrons. The zero-order chi connectivity index (χ0) is 24.5. The van der Waals surface area contributed by atoms with Crippen molar-refractivity contribution in [3.05, 3.63) is 132 Å². The molecule has 0 fully saturated rings. The highest BCUT2D eigenvalue weighted by atomic mass is 16.5. The zero-order valence-corrected chi connectivity index (χ0v) is 19.5. The van der Waals surface area contributed by atoms with Crippen LogP contribution in [0, 0.1) is 6.07 Å². The van der Waals surface area contributed by atoms with Crippen LogP contribution in [0.2, 0.25) is 0 Å². The minimum Gasteiger partial charge on any atom is -0.457 e. The highest BCUT2D eigenvalue weighted by Crippen LogP contribution is 2.36. The molecule has 1 heterocycles. The van der Waals surface area contributed by atoms with Gasteiger partial charge in [-0.2, -0.15) is 0 Å². The van der Waals surface area contributed by atoms with Crippen molar-refractivity contribution < 1.29 is 9.53 Å². The van der Waals surface area contributed by atoms with Crippen LogP contribution in [0.25, 0.3) is 32.9 Å². The van der Waals surface area contributed by atoms with Gasteiger partial charge in [-0.1, -0.05) is 72.8 Å². The van der Waals surface area contributed by atoms with Gasteiger partial charge in [0.25, 0.3) is 0 Å². The number of nitrogens with two attached hydrogens (primary N) is 1. The van der Waals surface area contributed by atoms with Crippen molar-refractivity contribution in [3.63, 3.8) is 0 Å². The van der Waals surface area contributed by atoms with Crippen LogP contribution < -0.4 is 10.5 Å². The lowest BCUT2D eigenvalue weighted by molar-refractivity contribution is 0.100. The zero-order valence-electron chi connectivity index (χ0n) is 19.5. The fraction of sp³-hybridized carbons (Fsp3) is 0.0312. The number of carbonyl (C=O) groups excluding carboxylic acids is 1. The molecule has 2 N–H and O–H groups in total. The third kappa shape index (κ3) is 3.89. The molecule has 1 amide bonds. The Morgan fingerprint density at radius 3 is 2.28 bits per heavy atom. The molecule has 4 heteroatoms. The number of ether oxygens (including phenoxy) is 1. The van der Waals surface area contributed by atoms with E-state index < -0.39 is 5.91 Å². The molecule has 36 heavy (non-hydrogen) atoms. The van der Waals surface area contributed by atoms with E-state index in [1.807, 2.05) is 84.9 Å². The fourth-order valence-corrected chi connectivity index (χ4v) is 4.75. The van der Waals surface area contributed by atoms with Crippen molar-refractivity contribution in [2.45, 2.75) is 6.54 Å². The first-order valence-corrected chi connectivity index (χ1v) is 11.8. The molecule has 0 saturated heterocycles. The van der Waals surface area contributed by atoms with E-state index in [1.54, 1.807) is 6.07 Å². The minimum absolute atomic E-state index is 0.451. The Labute approximate surface area is 209 Å². The Balaban J connectivity index is 1.55. The second-order valence-corrected chi connectivity index (χ2v) is 8.69. The van der Waals surface area contributed by atoms with Crippen LogP contribution in [0.5, 0.6) is 11.5 Å². The number of aromatic nitrogens is 1. The van der Waals surface area contributed by atoms with Crippen LogP contribution in [0.4, 0.5) is 0 Å². The van der Waals surface area contributed by atoms with Crippen molar-refractivity contribution in [1.82, 2.24) is 4.57 Å². The number of hydrogen-bond donors (Lipinski definition) is 1. The third-order valence-corrected chi connectivity index (χ3v) is 6.44. The summed E-state index contributed by atoms with van der Waals surface area (Å²) in [5.41, 5.74) is 11.4. The lowest BCUT2D eigenvalue weighted by Gasteiger charge is -2.14. The van der Waals surface area contributed by atoms with E-state index in [1.165, 1.54) is 0 Å². The molecule has 0 atom stereocenters. The molecular formula is C32H23N2O2. The number of nitrogens with zero attached hydrogens (tertiary/aromatic N) is 1. The summed E-state index contributed by atoms with van der Waals surface area (Å²) >= 11 is 0. The molecule has 0 aliphatic carbocycles. The van der Waals surface area contributed by atoms with Gasteiger partial charge < -0.3 is 15.0 Å². The Morgan fingerprint density at radius 1 is 0.778 bits per heavy atom. The lowest BCUT2D eigenvalue weighted by Crippen LogP contribution is -2.11. The maximum absolute atomic E-state index is 12.4. The molecule has 1 radical (unpaired) electrons. The van der Waals surface area contributed by atoms with Gasteiger partial charge in [-0.05, 0) is 59.7 Å². The summed E-state index contributed by atoms with van der Waals surface area (Å²) in [5, 5.41) is 1.70. The van der Waals surface area contributed by atoms with Crippen LogP contribution in [0.3, 0.4) is 0 Å². The Morgan fingerprint density at radius 2 is 1.50 bits per heavy atom. The first kappa shape index (κ1) is 21.7. The number of rotatable bonds is 6. The predicted molar refractivity (Wildman–Crippen MR) is 144 cm³/mol. The van der Waals surface area contributed by atoms with Crippen molar-refractivity contribution in [3.8, 4) is 22.6 Å². The van der Waals surface area contributed by atoms with E-state index in [9.17, 15) is 4.79 Å². The number of fused-ring (bicyclic) bond motifs is 3. The first-order chi connectivity index (χ1) is 17.7. The minimum atomic E-state index is -0.451. The van der Waals surface area contributed by atoms with Gasteiger partial charge in [-0.25, -0.2) is 0 Å². The number of carbonyl (C=O) groups is 1.